The normalized spacial score (nSPS) is 14.8. The van der Waals surface area contributed by atoms with Gasteiger partial charge < -0.3 is 5.32 Å². The van der Waals surface area contributed by atoms with Gasteiger partial charge in [0.2, 0.25) is 0 Å². The molecule has 1 nitrogen and oxygen atoms in total. The van der Waals surface area contributed by atoms with Crippen LogP contribution in [0.4, 0.5) is 4.39 Å². The fourth-order valence-corrected chi connectivity index (χ4v) is 1.07. The van der Waals surface area contributed by atoms with Crippen molar-refractivity contribution in [2.45, 2.75) is 19.9 Å². The molecular weight excluding hydrogens is 173 g/mol. The molecule has 0 saturated heterocycles. The molecule has 1 atom stereocenters. The summed E-state index contributed by atoms with van der Waals surface area (Å²) in [5.41, 5.74) is 2.51. The zero-order valence-corrected chi connectivity index (χ0v) is 8.20. The van der Waals surface area contributed by atoms with Crippen LogP contribution in [0.15, 0.2) is 23.8 Å². The number of halogens is 1. The van der Waals surface area contributed by atoms with Crippen LogP contribution in [0, 0.1) is 0 Å². The molecule has 1 unspecified atom stereocenters. The topological polar surface area (TPSA) is 12.0 Å². The third kappa shape index (κ3) is 4.23. The predicted molar refractivity (Wildman–Crippen MR) is 55.1 cm³/mol. The SMILES string of the molecule is C/C=C(\C=C/CF)C(C)NC=S. The second kappa shape index (κ2) is 6.98. The summed E-state index contributed by atoms with van der Waals surface area (Å²) in [5, 5.41) is 2.95. The maximum atomic E-state index is 11.8. The molecule has 3 heteroatoms. The summed E-state index contributed by atoms with van der Waals surface area (Å²) >= 11 is 4.65. The van der Waals surface area contributed by atoms with Crippen molar-refractivity contribution in [2.75, 3.05) is 6.67 Å². The lowest BCUT2D eigenvalue weighted by atomic mass is 10.1. The lowest BCUT2D eigenvalue weighted by molar-refractivity contribution is 0.561. The van der Waals surface area contributed by atoms with E-state index in [2.05, 4.69) is 17.5 Å². The number of hydrogen-bond donors (Lipinski definition) is 1. The van der Waals surface area contributed by atoms with E-state index < -0.39 is 6.67 Å². The van der Waals surface area contributed by atoms with Crippen LogP contribution in [0.1, 0.15) is 13.8 Å². The summed E-state index contributed by atoms with van der Waals surface area (Å²) in [6.07, 6.45) is 5.18. The maximum absolute atomic E-state index is 11.8. The molecule has 0 aliphatic heterocycles. The van der Waals surface area contributed by atoms with E-state index in [9.17, 15) is 4.39 Å². The van der Waals surface area contributed by atoms with Crippen LogP contribution in [-0.4, -0.2) is 18.2 Å². The van der Waals surface area contributed by atoms with Crippen molar-refractivity contribution in [1.82, 2.24) is 5.32 Å². The summed E-state index contributed by atoms with van der Waals surface area (Å²) in [4.78, 5) is 0. The Balaban J connectivity index is 4.15. The van der Waals surface area contributed by atoms with Gasteiger partial charge >= 0.3 is 0 Å². The summed E-state index contributed by atoms with van der Waals surface area (Å²) in [6, 6.07) is 0.148. The van der Waals surface area contributed by atoms with Crippen LogP contribution in [0.25, 0.3) is 0 Å². The Hall–Kier alpha value is -0.700. The van der Waals surface area contributed by atoms with Crippen molar-refractivity contribution < 1.29 is 4.39 Å². The fourth-order valence-electron chi connectivity index (χ4n) is 0.869. The maximum Gasteiger partial charge on any atom is 0.108 e. The highest BCUT2D eigenvalue weighted by Crippen LogP contribution is 2.03. The zero-order valence-electron chi connectivity index (χ0n) is 7.38. The minimum Gasteiger partial charge on any atom is -0.376 e. The van der Waals surface area contributed by atoms with Gasteiger partial charge in [-0.05, 0) is 19.4 Å². The molecule has 0 aromatic heterocycles. The van der Waals surface area contributed by atoms with Gasteiger partial charge in [0, 0.05) is 6.04 Å². The average molecular weight is 187 g/mol. The zero-order chi connectivity index (χ0) is 9.40. The molecule has 0 aliphatic carbocycles. The van der Waals surface area contributed by atoms with Gasteiger partial charge in [0.25, 0.3) is 0 Å². The molecule has 0 heterocycles. The number of allylic oxidation sites excluding steroid dienone is 2. The van der Waals surface area contributed by atoms with E-state index in [0.29, 0.717) is 0 Å². The quantitative estimate of drug-likeness (QED) is 0.524. The van der Waals surface area contributed by atoms with Gasteiger partial charge in [0.15, 0.2) is 0 Å². The van der Waals surface area contributed by atoms with Crippen LogP contribution in [-0.2, 0) is 0 Å². The largest absolute Gasteiger partial charge is 0.376 e. The summed E-state index contributed by atoms with van der Waals surface area (Å²) in [6.45, 7) is 3.46. The van der Waals surface area contributed by atoms with Crippen molar-refractivity contribution in [3.8, 4) is 0 Å². The Morgan fingerprint density at radius 2 is 2.33 bits per heavy atom. The molecule has 0 aromatic carbocycles. The highest BCUT2D eigenvalue weighted by atomic mass is 32.1. The second-order valence-electron chi connectivity index (χ2n) is 2.35. The fraction of sp³-hybridized carbons (Fsp3) is 0.444. The smallest absolute Gasteiger partial charge is 0.108 e. The molecule has 0 aromatic rings. The van der Waals surface area contributed by atoms with E-state index in [4.69, 9.17) is 0 Å². The molecule has 0 amide bonds. The highest BCUT2D eigenvalue weighted by molar-refractivity contribution is 7.78. The molecule has 0 fully saturated rings. The first-order chi connectivity index (χ1) is 5.76. The van der Waals surface area contributed by atoms with Crippen molar-refractivity contribution in [2.24, 2.45) is 0 Å². The van der Waals surface area contributed by atoms with E-state index in [1.54, 1.807) is 6.08 Å². The van der Waals surface area contributed by atoms with Crippen molar-refractivity contribution in [1.29, 1.82) is 0 Å². The van der Waals surface area contributed by atoms with Crippen molar-refractivity contribution in [3.63, 3.8) is 0 Å². The van der Waals surface area contributed by atoms with Crippen LogP contribution in [0.3, 0.4) is 0 Å². The van der Waals surface area contributed by atoms with Crippen LogP contribution >= 0.6 is 12.2 Å². The number of hydrogen-bond acceptors (Lipinski definition) is 1. The molecule has 0 radical (unpaired) electrons. The lowest BCUT2D eigenvalue weighted by Crippen LogP contribution is -2.24. The van der Waals surface area contributed by atoms with Gasteiger partial charge in [-0.3, -0.25) is 0 Å². The van der Waals surface area contributed by atoms with Gasteiger partial charge in [0.1, 0.15) is 6.67 Å². The van der Waals surface area contributed by atoms with E-state index in [1.807, 2.05) is 19.9 Å². The third-order valence-corrected chi connectivity index (χ3v) is 1.69. The van der Waals surface area contributed by atoms with E-state index in [1.165, 1.54) is 11.6 Å². The van der Waals surface area contributed by atoms with Crippen LogP contribution in [0.2, 0.25) is 0 Å². The summed E-state index contributed by atoms with van der Waals surface area (Å²) < 4.78 is 11.8. The Morgan fingerprint density at radius 1 is 1.67 bits per heavy atom. The van der Waals surface area contributed by atoms with E-state index >= 15 is 0 Å². The molecular formula is C9H14FNS. The first-order valence-corrected chi connectivity index (χ1v) is 4.31. The minimum absolute atomic E-state index is 0.148. The monoisotopic (exact) mass is 187 g/mol. The Morgan fingerprint density at radius 3 is 2.75 bits per heavy atom. The number of alkyl halides is 1. The molecule has 1 N–H and O–H groups in total. The Bertz CT molecular complexity index is 187. The highest BCUT2D eigenvalue weighted by Gasteiger charge is 2.00. The van der Waals surface area contributed by atoms with Crippen LogP contribution in [0.5, 0.6) is 0 Å². The van der Waals surface area contributed by atoms with Gasteiger partial charge in [0.05, 0.1) is 5.49 Å². The summed E-state index contributed by atoms with van der Waals surface area (Å²) in [5.74, 6) is 0. The van der Waals surface area contributed by atoms with Gasteiger partial charge in [-0.1, -0.05) is 30.4 Å². The van der Waals surface area contributed by atoms with E-state index in [-0.39, 0.29) is 6.04 Å². The molecule has 0 bridgehead atoms. The molecule has 0 rings (SSSR count). The first-order valence-electron chi connectivity index (χ1n) is 3.84. The van der Waals surface area contributed by atoms with Crippen LogP contribution < -0.4 is 5.32 Å². The average Bonchev–Trinajstić information content (AvgIpc) is 2.06. The summed E-state index contributed by atoms with van der Waals surface area (Å²) in [7, 11) is 0. The standard InChI is InChI=1S/C9H14FNS/c1-3-9(5-4-6-10)8(2)11-7-12/h3-5,7-8H,6H2,1-2H3,(H,11,12)/b5-4-,9-3+. The first kappa shape index (κ1) is 11.3. The molecule has 0 spiro atoms. The van der Waals surface area contributed by atoms with Gasteiger partial charge in [-0.25, -0.2) is 4.39 Å². The van der Waals surface area contributed by atoms with E-state index in [0.717, 1.165) is 5.57 Å². The molecule has 12 heavy (non-hydrogen) atoms. The number of thiocarbonyl (C=S) groups is 1. The molecule has 0 aliphatic rings. The Kier molecular flexibility index (Phi) is 6.57. The van der Waals surface area contributed by atoms with Crippen molar-refractivity contribution in [3.05, 3.63) is 23.8 Å². The lowest BCUT2D eigenvalue weighted by Gasteiger charge is -2.11. The molecule has 68 valence electrons. The van der Waals surface area contributed by atoms with Gasteiger partial charge in [-0.15, -0.1) is 0 Å². The Labute approximate surface area is 78.4 Å². The third-order valence-electron chi connectivity index (χ3n) is 1.55. The minimum atomic E-state index is -0.429. The van der Waals surface area contributed by atoms with Crippen molar-refractivity contribution >= 4 is 17.7 Å². The molecule has 0 saturated carbocycles. The van der Waals surface area contributed by atoms with Gasteiger partial charge in [-0.2, -0.15) is 0 Å². The number of rotatable bonds is 5. The second-order valence-corrected chi connectivity index (χ2v) is 2.59. The predicted octanol–water partition coefficient (Wildman–Crippen LogP) is 2.39. The number of nitrogens with one attached hydrogen (secondary N) is 1.